The number of nitrogens with one attached hydrogen (secondary N) is 5. The van der Waals surface area contributed by atoms with Crippen LogP contribution in [0, 0.1) is 0 Å². The van der Waals surface area contributed by atoms with Crippen molar-refractivity contribution in [2.75, 3.05) is 96.6 Å². The Morgan fingerprint density at radius 3 is 2.22 bits per heavy atom. The van der Waals surface area contributed by atoms with Gasteiger partial charge in [-0.2, -0.15) is 11.8 Å². The lowest BCUT2D eigenvalue weighted by atomic mass is 9.92. The smallest absolute Gasteiger partial charge is 0.315 e. The molecule has 4 aliphatic heterocycles. The number of aromatic nitrogens is 1. The summed E-state index contributed by atoms with van der Waals surface area (Å²) in [4.78, 5) is 82.4. The normalized spacial score (nSPS) is 20.4. The van der Waals surface area contributed by atoms with E-state index in [9.17, 15) is 28.8 Å². The largest absolute Gasteiger partial charge is 0.379 e. The van der Waals surface area contributed by atoms with Gasteiger partial charge in [-0.25, -0.2) is 9.78 Å². The highest BCUT2D eigenvalue weighted by Gasteiger charge is 2.42. The van der Waals surface area contributed by atoms with Gasteiger partial charge in [-0.1, -0.05) is 13.0 Å². The number of carbonyl (C=O) groups is 6. The van der Waals surface area contributed by atoms with E-state index in [0.29, 0.717) is 108 Å². The molecule has 4 saturated heterocycles. The van der Waals surface area contributed by atoms with Gasteiger partial charge in [0.25, 0.3) is 11.8 Å². The predicted molar refractivity (Wildman–Crippen MR) is 253 cm³/mol. The van der Waals surface area contributed by atoms with Crippen molar-refractivity contribution in [1.82, 2.24) is 36.1 Å². The van der Waals surface area contributed by atoms with Crippen LogP contribution >= 0.6 is 11.8 Å². The van der Waals surface area contributed by atoms with Crippen molar-refractivity contribution in [3.8, 4) is 0 Å². The molecule has 5 heterocycles. The summed E-state index contributed by atoms with van der Waals surface area (Å²) in [6, 6.07) is 10.6. The number of ether oxygens (including phenoxy) is 4. The number of rotatable bonds is 27. The average Bonchev–Trinajstić information content (AvgIpc) is 3.90. The molecule has 4 unspecified atom stereocenters. The van der Waals surface area contributed by atoms with Gasteiger partial charge in [0.1, 0.15) is 5.82 Å². The van der Waals surface area contributed by atoms with Crippen LogP contribution in [0.1, 0.15) is 90.1 Å². The number of likely N-dealkylation sites (tertiary alicyclic amines) is 2. The van der Waals surface area contributed by atoms with E-state index in [4.69, 9.17) is 29.7 Å². The van der Waals surface area contributed by atoms with Crippen LogP contribution in [0.2, 0.25) is 0 Å². The number of fused-ring (bicyclic) bond motifs is 1. The third-order valence-corrected chi connectivity index (χ3v) is 13.8. The Hall–Kier alpha value is -5.28. The number of hydrogen-bond acceptors (Lipinski definition) is 13. The Labute approximate surface area is 396 Å². The fourth-order valence-electron chi connectivity index (χ4n) is 8.67. The quantitative estimate of drug-likeness (QED) is 0.0430. The highest BCUT2D eigenvalue weighted by molar-refractivity contribution is 8.00. The van der Waals surface area contributed by atoms with E-state index >= 15 is 0 Å². The minimum Gasteiger partial charge on any atom is -0.379 e. The van der Waals surface area contributed by atoms with Gasteiger partial charge in [0.15, 0.2) is 0 Å². The minimum absolute atomic E-state index is 0.0181. The third kappa shape index (κ3) is 16.2. The Bertz CT molecular complexity index is 1990. The molecule has 6 rings (SSSR count). The SMILES string of the molecule is C=CC(=O)N1CCC(c2ccc(C(N)=O)c(Nc3ccc(C(=O)N4CCCC(NC(=O)CCOCCOCCOCCOCCNC(=O)CCCCC5SCC6NC(=O)NC65)C4)cc3)n2)CC1. The number of pyridine rings is 1. The number of benzene rings is 1. The lowest BCUT2D eigenvalue weighted by Gasteiger charge is -2.33. The molecule has 1 aromatic heterocycles. The van der Waals surface area contributed by atoms with Crippen molar-refractivity contribution in [3.63, 3.8) is 0 Å². The Morgan fingerprint density at radius 2 is 1.52 bits per heavy atom. The number of hydrogen-bond donors (Lipinski definition) is 6. The number of thioether (sulfide) groups is 1. The molecule has 4 atom stereocenters. The molecule has 0 bridgehead atoms. The van der Waals surface area contributed by atoms with Gasteiger partial charge in [0.05, 0.1) is 70.5 Å². The molecule has 0 radical (unpaired) electrons. The molecule has 1 aromatic carbocycles. The maximum absolute atomic E-state index is 13.5. The molecular weight excluding hydrogens is 883 g/mol. The minimum atomic E-state index is -0.615. The first-order valence-corrected chi connectivity index (χ1v) is 24.6. The summed E-state index contributed by atoms with van der Waals surface area (Å²) in [5.74, 6) is 0.426. The first-order valence-electron chi connectivity index (χ1n) is 23.5. The van der Waals surface area contributed by atoms with E-state index in [1.807, 2.05) is 17.8 Å². The Kier molecular flexibility index (Phi) is 20.5. The summed E-state index contributed by atoms with van der Waals surface area (Å²) < 4.78 is 22.2. The summed E-state index contributed by atoms with van der Waals surface area (Å²) >= 11 is 1.89. The van der Waals surface area contributed by atoms with E-state index < -0.39 is 5.91 Å². The van der Waals surface area contributed by atoms with Gasteiger partial charge in [-0.3, -0.25) is 24.0 Å². The second-order valence-corrected chi connectivity index (χ2v) is 18.3. The van der Waals surface area contributed by atoms with Gasteiger partial charge in [0, 0.05) is 85.5 Å². The van der Waals surface area contributed by atoms with Crippen LogP contribution in [-0.2, 0) is 33.3 Å². The molecule has 67 heavy (non-hydrogen) atoms. The number of amides is 7. The molecule has 4 aliphatic rings. The molecule has 19 nitrogen and oxygen atoms in total. The van der Waals surface area contributed by atoms with E-state index in [1.54, 1.807) is 40.1 Å². The highest BCUT2D eigenvalue weighted by Crippen LogP contribution is 2.33. The molecule has 2 aromatic rings. The predicted octanol–water partition coefficient (Wildman–Crippen LogP) is 2.84. The summed E-state index contributed by atoms with van der Waals surface area (Å²) in [5.41, 5.74) is 7.86. The maximum atomic E-state index is 13.5. The molecule has 4 fully saturated rings. The van der Waals surface area contributed by atoms with Crippen LogP contribution in [0.4, 0.5) is 16.3 Å². The number of carbonyl (C=O) groups excluding carboxylic acids is 6. The number of urea groups is 1. The van der Waals surface area contributed by atoms with Crippen LogP contribution in [-0.4, -0.2) is 165 Å². The number of piperidine rings is 2. The van der Waals surface area contributed by atoms with Crippen LogP contribution in [0.15, 0.2) is 49.1 Å². The first kappa shape index (κ1) is 51.1. The lowest BCUT2D eigenvalue weighted by molar-refractivity contribution is -0.127. The molecule has 0 saturated carbocycles. The van der Waals surface area contributed by atoms with Gasteiger partial charge >= 0.3 is 6.03 Å². The van der Waals surface area contributed by atoms with Crippen molar-refractivity contribution in [2.45, 2.75) is 87.1 Å². The summed E-state index contributed by atoms with van der Waals surface area (Å²) in [6.45, 7) is 9.20. The zero-order chi connectivity index (χ0) is 47.4. The molecular formula is C47H67N9O10S. The Balaban J connectivity index is 0.757. The maximum Gasteiger partial charge on any atom is 0.315 e. The van der Waals surface area contributed by atoms with E-state index in [1.165, 1.54) is 6.08 Å². The zero-order valence-corrected chi connectivity index (χ0v) is 39.1. The first-order chi connectivity index (χ1) is 32.6. The number of primary amides is 1. The fourth-order valence-corrected chi connectivity index (χ4v) is 10.2. The standard InChI is InChI=1S/C47H67N9O10S/c1-2-42(59)55-20-15-32(16-21-55)37-14-13-36(44(48)60)45(52-37)51-34-11-9-33(10-12-34)46(61)56-19-5-6-35(30-56)50-41(58)17-22-63-24-26-65-28-29-66-27-25-64-23-18-49-40(57)8-4-3-7-39-43-38(31-67-39)53-47(62)54-43/h2,9-14,32,35,38-39,43H,1,3-8,15-31H2,(H2,48,60)(H,49,57)(H,50,58)(H,51,52)(H2,53,54,62). The van der Waals surface area contributed by atoms with Crippen molar-refractivity contribution in [2.24, 2.45) is 5.73 Å². The van der Waals surface area contributed by atoms with Crippen LogP contribution < -0.4 is 32.3 Å². The van der Waals surface area contributed by atoms with Crippen molar-refractivity contribution in [3.05, 3.63) is 65.9 Å². The third-order valence-electron chi connectivity index (χ3n) is 12.3. The van der Waals surface area contributed by atoms with Crippen LogP contribution in [0.5, 0.6) is 0 Å². The lowest BCUT2D eigenvalue weighted by Crippen LogP contribution is -2.49. The topological polar surface area (TPSA) is 245 Å². The average molecular weight is 950 g/mol. The molecule has 0 aliphatic carbocycles. The van der Waals surface area contributed by atoms with Gasteiger partial charge in [0.2, 0.25) is 17.7 Å². The Morgan fingerprint density at radius 1 is 0.821 bits per heavy atom. The van der Waals surface area contributed by atoms with Gasteiger partial charge < -0.3 is 61.1 Å². The van der Waals surface area contributed by atoms with E-state index in [-0.39, 0.29) is 72.3 Å². The molecule has 20 heteroatoms. The monoisotopic (exact) mass is 949 g/mol. The second kappa shape index (κ2) is 26.9. The van der Waals surface area contributed by atoms with Crippen molar-refractivity contribution >= 4 is 58.8 Å². The summed E-state index contributed by atoms with van der Waals surface area (Å²) in [7, 11) is 0. The van der Waals surface area contributed by atoms with Gasteiger partial charge in [-0.05, 0) is 81.0 Å². The van der Waals surface area contributed by atoms with E-state index in [0.717, 1.165) is 56.4 Å². The van der Waals surface area contributed by atoms with Crippen molar-refractivity contribution < 1.29 is 47.7 Å². The summed E-state index contributed by atoms with van der Waals surface area (Å²) in [5, 5.41) is 15.5. The number of nitrogens with two attached hydrogens (primary N) is 1. The highest BCUT2D eigenvalue weighted by atomic mass is 32.2. The fraction of sp³-hybridized carbons (Fsp3) is 0.596. The zero-order valence-electron chi connectivity index (χ0n) is 38.3. The molecule has 366 valence electrons. The number of anilines is 2. The van der Waals surface area contributed by atoms with Crippen molar-refractivity contribution in [1.29, 1.82) is 0 Å². The van der Waals surface area contributed by atoms with E-state index in [2.05, 4.69) is 33.2 Å². The van der Waals surface area contributed by atoms with Crippen LogP contribution in [0.25, 0.3) is 0 Å². The van der Waals surface area contributed by atoms with Crippen LogP contribution in [0.3, 0.4) is 0 Å². The number of unbranched alkanes of at least 4 members (excludes halogenated alkanes) is 1. The molecule has 7 amide bonds. The molecule has 0 spiro atoms. The van der Waals surface area contributed by atoms with Gasteiger partial charge in [-0.15, -0.1) is 0 Å². The molecule has 7 N–H and O–H groups in total. The summed E-state index contributed by atoms with van der Waals surface area (Å²) in [6.07, 6.45) is 7.76. The second-order valence-electron chi connectivity index (χ2n) is 17.1. The number of nitrogens with zero attached hydrogens (tertiary/aromatic N) is 3.